The average Bonchev–Trinajstić information content (AvgIpc) is 2.92. The number of carbonyl (C=O) groups excluding carboxylic acids is 2. The van der Waals surface area contributed by atoms with Crippen LogP contribution in [-0.4, -0.2) is 45.3 Å². The maximum absolute atomic E-state index is 14.4. The number of alkyl carbamates (subject to hydrolysis) is 1. The number of halogens is 2. The van der Waals surface area contributed by atoms with E-state index < -0.39 is 52.2 Å². The van der Waals surface area contributed by atoms with Crippen molar-refractivity contribution in [2.75, 3.05) is 13.2 Å². The number of hydrogen-bond acceptors (Lipinski definition) is 7. The summed E-state index contributed by atoms with van der Waals surface area (Å²) in [6.45, 7) is 8.22. The number of amides is 1. The molecule has 1 N–H and O–H groups in total. The van der Waals surface area contributed by atoms with E-state index in [0.29, 0.717) is 16.1 Å². The SMILES string of the molecule is CCOC(=O)C(COS(=O)(=O)c1ccc(C)cc1)CC(Cc1ccc(-c2cc(Cl)ccc2F)cc1)NC(=O)OC(C)(C)C. The van der Waals surface area contributed by atoms with Crippen LogP contribution in [0.4, 0.5) is 9.18 Å². The maximum atomic E-state index is 14.4. The van der Waals surface area contributed by atoms with E-state index in [0.717, 1.165) is 11.1 Å². The van der Waals surface area contributed by atoms with Crippen LogP contribution in [0.15, 0.2) is 71.6 Å². The second kappa shape index (κ2) is 14.8. The van der Waals surface area contributed by atoms with Gasteiger partial charge in [-0.2, -0.15) is 8.42 Å². The number of aryl methyl sites for hydroxylation is 1. The van der Waals surface area contributed by atoms with Gasteiger partial charge in [0.05, 0.1) is 24.0 Å². The summed E-state index contributed by atoms with van der Waals surface area (Å²) >= 11 is 6.05. The first-order valence-corrected chi connectivity index (χ1v) is 15.6. The van der Waals surface area contributed by atoms with E-state index in [1.54, 1.807) is 64.1 Å². The highest BCUT2D eigenvalue weighted by Crippen LogP contribution is 2.27. The molecule has 2 unspecified atom stereocenters. The van der Waals surface area contributed by atoms with Crippen molar-refractivity contribution in [2.45, 2.75) is 64.0 Å². The zero-order valence-electron chi connectivity index (χ0n) is 24.9. The van der Waals surface area contributed by atoms with Crippen molar-refractivity contribution in [3.63, 3.8) is 0 Å². The van der Waals surface area contributed by atoms with E-state index in [1.165, 1.54) is 30.3 Å². The number of carbonyl (C=O) groups is 2. The number of nitrogens with one attached hydrogen (secondary N) is 1. The number of hydrogen-bond donors (Lipinski definition) is 1. The topological polar surface area (TPSA) is 108 Å². The van der Waals surface area contributed by atoms with Crippen LogP contribution >= 0.6 is 11.6 Å². The highest BCUT2D eigenvalue weighted by atomic mass is 35.5. The van der Waals surface area contributed by atoms with Crippen LogP contribution in [0.25, 0.3) is 11.1 Å². The molecule has 3 rings (SSSR count). The molecule has 1 amide bonds. The van der Waals surface area contributed by atoms with Crippen LogP contribution in [0, 0.1) is 18.7 Å². The molecular formula is C32H37ClFNO7S. The van der Waals surface area contributed by atoms with E-state index in [2.05, 4.69) is 5.32 Å². The summed E-state index contributed by atoms with van der Waals surface area (Å²) in [7, 11) is -4.16. The predicted molar refractivity (Wildman–Crippen MR) is 163 cm³/mol. The minimum absolute atomic E-state index is 0.00777. The number of rotatable bonds is 12. The van der Waals surface area contributed by atoms with Crippen molar-refractivity contribution < 1.29 is 36.1 Å². The fourth-order valence-corrected chi connectivity index (χ4v) is 5.39. The van der Waals surface area contributed by atoms with Gasteiger partial charge in [-0.1, -0.05) is 53.6 Å². The molecule has 0 aromatic heterocycles. The summed E-state index contributed by atoms with van der Waals surface area (Å²) in [5.41, 5.74) is 1.83. The molecule has 0 heterocycles. The molecule has 43 heavy (non-hydrogen) atoms. The van der Waals surface area contributed by atoms with Crippen molar-refractivity contribution in [2.24, 2.45) is 5.92 Å². The zero-order valence-corrected chi connectivity index (χ0v) is 26.4. The quantitative estimate of drug-likeness (QED) is 0.171. The van der Waals surface area contributed by atoms with Crippen molar-refractivity contribution in [3.05, 3.63) is 88.7 Å². The Hall–Kier alpha value is -3.47. The van der Waals surface area contributed by atoms with Gasteiger partial charge in [-0.3, -0.25) is 8.98 Å². The standard InChI is InChI=1S/C32H37ClFNO7S/c1-6-40-30(36)24(20-41-43(38,39)27-14-7-21(2)8-15-27)18-26(35-31(37)42-32(3,4)5)17-22-9-11-23(12-10-22)28-19-25(33)13-16-29(28)34/h7-16,19,24,26H,6,17-18,20H2,1-5H3,(H,35,37). The minimum atomic E-state index is -4.16. The molecule has 232 valence electrons. The first-order valence-electron chi connectivity index (χ1n) is 13.8. The molecule has 8 nitrogen and oxygen atoms in total. The third-order valence-electron chi connectivity index (χ3n) is 6.32. The normalized spacial score (nSPS) is 13.2. The lowest BCUT2D eigenvalue weighted by Crippen LogP contribution is -2.42. The number of ether oxygens (including phenoxy) is 2. The van der Waals surface area contributed by atoms with Crippen LogP contribution in [0.3, 0.4) is 0 Å². The lowest BCUT2D eigenvalue weighted by Gasteiger charge is -2.26. The molecule has 3 aromatic rings. The minimum Gasteiger partial charge on any atom is -0.466 e. The first-order chi connectivity index (χ1) is 20.2. The van der Waals surface area contributed by atoms with Gasteiger partial charge in [0.15, 0.2) is 0 Å². The van der Waals surface area contributed by atoms with Crippen LogP contribution in [0.2, 0.25) is 5.02 Å². The Bertz CT molecular complexity index is 1500. The maximum Gasteiger partial charge on any atom is 0.407 e. The smallest absolute Gasteiger partial charge is 0.407 e. The Labute approximate surface area is 257 Å². The average molecular weight is 634 g/mol. The van der Waals surface area contributed by atoms with Gasteiger partial charge in [-0.25, -0.2) is 9.18 Å². The van der Waals surface area contributed by atoms with Crippen molar-refractivity contribution >= 4 is 33.8 Å². The van der Waals surface area contributed by atoms with Gasteiger partial charge in [0.1, 0.15) is 11.4 Å². The molecule has 11 heteroatoms. The van der Waals surface area contributed by atoms with Crippen LogP contribution in [-0.2, 0) is 35.0 Å². The van der Waals surface area contributed by atoms with E-state index in [-0.39, 0.29) is 24.3 Å². The van der Waals surface area contributed by atoms with Gasteiger partial charge in [0.2, 0.25) is 0 Å². The molecule has 0 aliphatic heterocycles. The van der Waals surface area contributed by atoms with Gasteiger partial charge in [-0.05, 0) is 88.9 Å². The predicted octanol–water partition coefficient (Wildman–Crippen LogP) is 6.87. The van der Waals surface area contributed by atoms with Crippen molar-refractivity contribution in [3.8, 4) is 11.1 Å². The number of benzene rings is 3. The molecule has 2 atom stereocenters. The van der Waals surface area contributed by atoms with Crippen LogP contribution in [0.1, 0.15) is 45.2 Å². The van der Waals surface area contributed by atoms with Gasteiger partial charge < -0.3 is 14.8 Å². The molecule has 0 spiro atoms. The third kappa shape index (κ3) is 10.6. The summed E-state index contributed by atoms with van der Waals surface area (Å²) < 4.78 is 56.0. The molecule has 3 aromatic carbocycles. The lowest BCUT2D eigenvalue weighted by atomic mass is 9.94. The molecular weight excluding hydrogens is 597 g/mol. The first kappa shape index (κ1) is 34.0. The Morgan fingerprint density at radius 3 is 2.26 bits per heavy atom. The summed E-state index contributed by atoms with van der Waals surface area (Å²) in [4.78, 5) is 25.6. The van der Waals surface area contributed by atoms with Crippen LogP contribution in [0.5, 0.6) is 0 Å². The highest BCUT2D eigenvalue weighted by molar-refractivity contribution is 7.86. The largest absolute Gasteiger partial charge is 0.466 e. The Balaban J connectivity index is 1.84. The second-order valence-corrected chi connectivity index (χ2v) is 13.2. The molecule has 0 radical (unpaired) electrons. The number of esters is 1. The van der Waals surface area contributed by atoms with Gasteiger partial charge in [-0.15, -0.1) is 0 Å². The highest BCUT2D eigenvalue weighted by Gasteiger charge is 2.30. The van der Waals surface area contributed by atoms with E-state index in [9.17, 15) is 22.4 Å². The third-order valence-corrected chi connectivity index (χ3v) is 7.85. The fourth-order valence-electron chi connectivity index (χ4n) is 4.27. The van der Waals surface area contributed by atoms with E-state index in [1.807, 2.05) is 6.92 Å². The van der Waals surface area contributed by atoms with Crippen molar-refractivity contribution in [1.82, 2.24) is 5.32 Å². The summed E-state index contributed by atoms with van der Waals surface area (Å²) in [6, 6.07) is 16.8. The summed E-state index contributed by atoms with van der Waals surface area (Å²) in [5, 5.41) is 3.20. The Morgan fingerprint density at radius 2 is 1.65 bits per heavy atom. The van der Waals surface area contributed by atoms with Gasteiger partial charge in [0, 0.05) is 16.6 Å². The Morgan fingerprint density at radius 1 is 1.00 bits per heavy atom. The van der Waals surface area contributed by atoms with Crippen molar-refractivity contribution in [1.29, 1.82) is 0 Å². The van der Waals surface area contributed by atoms with Crippen LogP contribution < -0.4 is 5.32 Å². The van der Waals surface area contributed by atoms with Gasteiger partial charge in [0.25, 0.3) is 10.1 Å². The molecule has 0 fully saturated rings. The molecule has 0 bridgehead atoms. The molecule has 0 aliphatic carbocycles. The molecule has 0 aliphatic rings. The fraction of sp³-hybridized carbons (Fsp3) is 0.375. The van der Waals surface area contributed by atoms with E-state index >= 15 is 0 Å². The van der Waals surface area contributed by atoms with E-state index in [4.69, 9.17) is 25.3 Å². The monoisotopic (exact) mass is 633 g/mol. The lowest BCUT2D eigenvalue weighted by molar-refractivity contribution is -0.149. The molecule has 0 saturated heterocycles. The Kier molecular flexibility index (Phi) is 11.7. The summed E-state index contributed by atoms with van der Waals surface area (Å²) in [6.07, 6.45) is -0.462. The zero-order chi connectivity index (χ0) is 31.8. The summed E-state index contributed by atoms with van der Waals surface area (Å²) in [5.74, 6) is -2.11. The second-order valence-electron chi connectivity index (χ2n) is 11.1. The molecule has 0 saturated carbocycles. The van der Waals surface area contributed by atoms with Gasteiger partial charge >= 0.3 is 12.1 Å².